The van der Waals surface area contributed by atoms with E-state index in [0.717, 1.165) is 89.9 Å². The zero-order valence-electron chi connectivity index (χ0n) is 60.8. The molecule has 22 heteroatoms. The number of phenolic OH excluding ortho intramolecular Hbond substituents is 3. The van der Waals surface area contributed by atoms with Crippen LogP contribution in [0.15, 0.2) is 179 Å². The van der Waals surface area contributed by atoms with Crippen molar-refractivity contribution >= 4 is 52.3 Å². The molecule has 8 N–H and O–H groups in total. The summed E-state index contributed by atoms with van der Waals surface area (Å²) in [5, 5.41) is 73.1. The Kier molecular flexibility index (Phi) is 37.3. The zero-order valence-corrected chi connectivity index (χ0v) is 60.8. The Labute approximate surface area is 615 Å². The number of aliphatic hydroxyl groups is 1. The molecule has 0 spiro atoms. The van der Waals surface area contributed by atoms with E-state index < -0.39 is 29.8 Å². The van der Waals surface area contributed by atoms with Crippen molar-refractivity contribution in [3.8, 4) is 40.2 Å². The number of aliphatic carboxylic acids is 4. The fourth-order valence-corrected chi connectivity index (χ4v) is 12.7. The number of hydrogen-bond donors (Lipinski definition) is 8. The van der Waals surface area contributed by atoms with E-state index in [9.17, 15) is 54.3 Å². The van der Waals surface area contributed by atoms with Crippen LogP contribution in [0.2, 0.25) is 0 Å². The molecule has 3 aliphatic carbocycles. The third-order valence-electron chi connectivity index (χ3n) is 18.1. The van der Waals surface area contributed by atoms with Crippen LogP contribution < -0.4 is 15.1 Å². The molecule has 2 saturated heterocycles. The molecule has 1 amide bonds. The number of aliphatic hydroxyl groups excluding tert-OH is 1. The Morgan fingerprint density at radius 3 is 1.46 bits per heavy atom. The number of phenols is 3. The number of amides is 1. The van der Waals surface area contributed by atoms with Gasteiger partial charge in [0.2, 0.25) is 5.91 Å². The zero-order chi connectivity index (χ0) is 75.9. The van der Waals surface area contributed by atoms with Crippen molar-refractivity contribution < 1.29 is 93.5 Å². The molecule has 3 aromatic carbocycles. The van der Waals surface area contributed by atoms with E-state index in [1.165, 1.54) is 80.0 Å². The van der Waals surface area contributed by atoms with Gasteiger partial charge in [-0.05, 0) is 145 Å². The lowest BCUT2D eigenvalue weighted by Gasteiger charge is -2.30. The van der Waals surface area contributed by atoms with Crippen molar-refractivity contribution in [3.05, 3.63) is 180 Å². The Morgan fingerprint density at radius 2 is 0.981 bits per heavy atom. The van der Waals surface area contributed by atoms with Crippen LogP contribution in [-0.4, -0.2) is 106 Å². The second-order valence-electron chi connectivity index (χ2n) is 26.5. The third kappa shape index (κ3) is 29.5. The lowest BCUT2D eigenvalue weighted by atomic mass is 9.88. The van der Waals surface area contributed by atoms with Crippen LogP contribution >= 0.6 is 0 Å². The summed E-state index contributed by atoms with van der Waals surface area (Å²) in [5.41, 5.74) is 2.71. The molecule has 10 rings (SSSR count). The average Bonchev–Trinajstić information content (AvgIpc) is 1.50. The lowest BCUT2D eigenvalue weighted by molar-refractivity contribution is -0.336. The predicted molar refractivity (Wildman–Crippen MR) is 402 cm³/mol. The number of hydrogen-bond acceptors (Lipinski definition) is 17. The first kappa shape index (κ1) is 84.5. The fourth-order valence-electron chi connectivity index (χ4n) is 12.7. The van der Waals surface area contributed by atoms with Crippen LogP contribution in [0.3, 0.4) is 0 Å². The highest BCUT2D eigenvalue weighted by atomic mass is 17.2. The molecule has 4 unspecified atom stereocenters. The van der Waals surface area contributed by atoms with E-state index >= 15 is 0 Å². The minimum absolute atomic E-state index is 0.00253. The Morgan fingerprint density at radius 1 is 0.524 bits per heavy atom. The van der Waals surface area contributed by atoms with E-state index in [2.05, 4.69) is 91.7 Å². The van der Waals surface area contributed by atoms with Gasteiger partial charge in [0.1, 0.15) is 40.7 Å². The molecule has 2 saturated carbocycles. The molecule has 4 heterocycles. The van der Waals surface area contributed by atoms with Crippen molar-refractivity contribution in [3.63, 3.8) is 0 Å². The molecule has 4 bridgehead atoms. The second kappa shape index (κ2) is 46.4. The molecule has 4 fully saturated rings. The van der Waals surface area contributed by atoms with E-state index in [1.54, 1.807) is 30.3 Å². The first-order chi connectivity index (χ1) is 50.7. The number of carbonyl (C=O) groups is 5. The number of fused-ring (bicyclic) bond motifs is 8. The predicted octanol–water partition coefficient (Wildman–Crippen LogP) is 17.9. The molecule has 7 aliphatic rings. The highest BCUT2D eigenvalue weighted by molar-refractivity contribution is 6.03. The summed E-state index contributed by atoms with van der Waals surface area (Å²) >= 11 is 0. The number of carbonyl (C=O) groups excluding carboxylic acids is 1. The standard InChI is InChI=1S/C20H32O2.C19H28O6.C18H28O5.C14H11NO4.C12H7NO3/c1-2-3-4-5-6-7-8-9-10-11-12-13-14-15-16-17-18-19-20(21)22;1-2-7-13(19(22)23)10-11-15-14(16-12-17(15)25-24-16)8-5-3-4-6-9-18(20)21;1-2-7-13(19)10-11-15-14(16-12-17(15)23-22-16)8-5-3-4-6-9-18(20)21;1-8(16)15-11-4-2-9(17)6-13(11)19-14-7-10(18)3-5-12(14)15;14-7-1-3-9-11(5-7)16-12-6-8(15)2-4-10(12)13-9/h6-7,9-10,12-13,15-16H,2-5,8,11,14,17-19H2,1H3,(H,21,22);3,5,10-11,13-17H,2,4,6-9,12H2,1H3,(H,20,21)(H,22,23);3,5,10-11,13-17,19H,2,4,6-9,12H2,1H3,(H,20,21);2-7,17-18H,1H3;1-6,14H/b7-6-,10-9-,13-12-,16-15-;2*5-3-,11-10+;;/t;2*13-,14+,15+,16?,17?;;/m.00../s1. The Balaban J connectivity index is 0.000000207. The van der Waals surface area contributed by atoms with Gasteiger partial charge in [-0.2, -0.15) is 0 Å². The van der Waals surface area contributed by atoms with Crippen molar-refractivity contribution in [2.45, 2.75) is 212 Å². The van der Waals surface area contributed by atoms with Crippen LogP contribution in [0.1, 0.15) is 182 Å². The SMILES string of the molecule is CC(=O)N1c2ccc(O)cc2Oc2cc(O)ccc21.CCCCC/C=C\C/C=C\C/C=C\C/C=C\CCCC(=O)O.CCC[C@@H](/C=C/[C@H]1C2CC(OO2)[C@@H]1C/C=C\CCCC(=O)O)C(=O)O.CCC[C@H](O)/C=C/[C@H]1C2CC(OO2)[C@@H]1C/C=C\CCCC(=O)O.O=c1ccc2nc3ccc(O)cc3oc-2c1. The number of aromatic nitrogens is 1. The van der Waals surface area contributed by atoms with Crippen molar-refractivity contribution in [2.24, 2.45) is 29.6 Å². The molecule has 4 aliphatic heterocycles. The van der Waals surface area contributed by atoms with Crippen molar-refractivity contribution in [1.82, 2.24) is 4.98 Å². The van der Waals surface area contributed by atoms with Crippen LogP contribution in [0, 0.1) is 29.6 Å². The number of unbranched alkanes of at least 4 members (excludes halogenated alkanes) is 6. The van der Waals surface area contributed by atoms with Gasteiger partial charge in [-0.3, -0.25) is 33.7 Å². The molecule has 10 atom stereocenters. The number of nitrogens with zero attached hydrogens (tertiary/aromatic N) is 2. The molecule has 568 valence electrons. The van der Waals surface area contributed by atoms with E-state index in [0.29, 0.717) is 70.6 Å². The van der Waals surface area contributed by atoms with Gasteiger partial charge in [-0.1, -0.05) is 144 Å². The van der Waals surface area contributed by atoms with Gasteiger partial charge in [0, 0.05) is 87.0 Å². The van der Waals surface area contributed by atoms with Crippen molar-refractivity contribution in [2.75, 3.05) is 4.90 Å². The van der Waals surface area contributed by atoms with Gasteiger partial charge < -0.3 is 50.0 Å². The van der Waals surface area contributed by atoms with Gasteiger partial charge >= 0.3 is 23.9 Å². The number of aromatic hydroxyl groups is 3. The molecule has 105 heavy (non-hydrogen) atoms. The highest BCUT2D eigenvalue weighted by Gasteiger charge is 2.50. The largest absolute Gasteiger partial charge is 0.508 e. The first-order valence-electron chi connectivity index (χ1n) is 36.8. The fraction of sp³-hybridized carbons (Fsp3) is 0.458. The summed E-state index contributed by atoms with van der Waals surface area (Å²) in [7, 11) is 0. The maximum Gasteiger partial charge on any atom is 0.310 e. The number of rotatable bonds is 35. The average molecular weight is 1450 g/mol. The minimum atomic E-state index is -0.784. The summed E-state index contributed by atoms with van der Waals surface area (Å²) in [5.74, 6) is -1.17. The van der Waals surface area contributed by atoms with Gasteiger partial charge in [0.25, 0.3) is 0 Å². The van der Waals surface area contributed by atoms with Gasteiger partial charge in [0.15, 0.2) is 28.3 Å². The molecule has 0 aromatic heterocycles. The van der Waals surface area contributed by atoms with Crippen molar-refractivity contribution in [1.29, 1.82) is 0 Å². The maximum absolute atomic E-state index is 11.8. The topological polar surface area (TPSA) is 340 Å². The molecule has 3 aromatic rings. The van der Waals surface area contributed by atoms with Crippen LogP contribution in [-0.2, 0) is 43.5 Å². The Hall–Kier alpha value is -9.45. The quantitative estimate of drug-likeness (QED) is 0.00808. The van der Waals surface area contributed by atoms with Crippen LogP contribution in [0.5, 0.6) is 28.7 Å². The summed E-state index contributed by atoms with van der Waals surface area (Å²) in [4.78, 5) is 92.7. The molecular formula is C83H106N2O20. The Bertz CT molecular complexity index is 3760. The molecule has 22 nitrogen and oxygen atoms in total. The molecular weight excluding hydrogens is 1340 g/mol. The summed E-state index contributed by atoms with van der Waals surface area (Å²) < 4.78 is 11.1. The summed E-state index contributed by atoms with van der Waals surface area (Å²) in [6.45, 7) is 7.72. The maximum atomic E-state index is 11.8. The minimum Gasteiger partial charge on any atom is -0.508 e. The monoisotopic (exact) mass is 1450 g/mol. The number of ether oxygens (including phenoxy) is 1. The number of carboxylic acids is 4. The number of anilines is 2. The summed E-state index contributed by atoms with van der Waals surface area (Å²) in [6, 6.07) is 18.2. The number of allylic oxidation sites excluding steroid dienone is 12. The number of benzene rings is 4. The van der Waals surface area contributed by atoms with Crippen LogP contribution in [0.4, 0.5) is 11.4 Å². The third-order valence-corrected chi connectivity index (χ3v) is 18.1. The normalized spacial score (nSPS) is 20.4. The van der Waals surface area contributed by atoms with Gasteiger partial charge in [0.05, 0.1) is 35.6 Å². The van der Waals surface area contributed by atoms with Gasteiger partial charge in [-0.15, -0.1) is 0 Å². The van der Waals surface area contributed by atoms with E-state index in [-0.39, 0.29) is 96.1 Å². The first-order valence-corrected chi connectivity index (χ1v) is 36.8. The van der Waals surface area contributed by atoms with Crippen LogP contribution in [0.25, 0.3) is 22.6 Å². The van der Waals surface area contributed by atoms with E-state index in [1.807, 2.05) is 31.2 Å². The van der Waals surface area contributed by atoms with E-state index in [4.69, 9.17) is 44.0 Å². The summed E-state index contributed by atoms with van der Waals surface area (Å²) in [6.07, 6.45) is 53.3. The molecule has 0 radical (unpaired) electrons. The lowest BCUT2D eigenvalue weighted by Crippen LogP contribution is -2.29. The number of carboxylic acid groups (broad SMARTS) is 4. The van der Waals surface area contributed by atoms with Gasteiger partial charge in [-0.25, -0.2) is 24.5 Å². The second-order valence-corrected chi connectivity index (χ2v) is 26.5. The highest BCUT2D eigenvalue weighted by Crippen LogP contribution is 2.49. The smallest absolute Gasteiger partial charge is 0.310 e.